The van der Waals surface area contributed by atoms with Gasteiger partial charge in [0.1, 0.15) is 10.9 Å². The van der Waals surface area contributed by atoms with E-state index in [4.69, 9.17) is 5.73 Å². The van der Waals surface area contributed by atoms with Gasteiger partial charge in [-0.15, -0.1) is 22.7 Å². The summed E-state index contributed by atoms with van der Waals surface area (Å²) in [5.74, 6) is 0. The first kappa shape index (κ1) is 14.8. The molecule has 2 nitrogen and oxygen atoms in total. The lowest BCUT2D eigenvalue weighted by Gasteiger charge is -2.06. The predicted octanol–water partition coefficient (Wildman–Crippen LogP) is 6.12. The Morgan fingerprint density at radius 1 is 1.19 bits per heavy atom. The Kier molecular flexibility index (Phi) is 4.18. The highest BCUT2D eigenvalue weighted by Crippen LogP contribution is 2.48. The van der Waals surface area contributed by atoms with E-state index in [1.807, 2.05) is 35.7 Å². The summed E-state index contributed by atoms with van der Waals surface area (Å²) in [6.07, 6.45) is 0. The Balaban J connectivity index is 2.33. The second-order valence-corrected chi connectivity index (χ2v) is 8.00. The summed E-state index contributed by atoms with van der Waals surface area (Å²) < 4.78 is 1.97. The number of rotatable bonds is 2. The van der Waals surface area contributed by atoms with Crippen molar-refractivity contribution in [2.24, 2.45) is 0 Å². The number of hydrogen-bond donors (Lipinski definition) is 1. The quantitative estimate of drug-likeness (QED) is 0.522. The van der Waals surface area contributed by atoms with Crippen molar-refractivity contribution in [3.05, 3.63) is 49.5 Å². The third-order valence-electron chi connectivity index (χ3n) is 2.99. The molecule has 0 amide bonds. The van der Waals surface area contributed by atoms with Crippen LogP contribution in [0, 0.1) is 11.3 Å². The zero-order valence-electron chi connectivity index (χ0n) is 10.6. The highest BCUT2D eigenvalue weighted by molar-refractivity contribution is 9.11. The first-order valence-electron chi connectivity index (χ1n) is 5.93. The summed E-state index contributed by atoms with van der Waals surface area (Å²) in [5.41, 5.74) is 8.74. The Labute approximate surface area is 147 Å². The molecule has 0 spiro atoms. The fourth-order valence-corrected chi connectivity index (χ4v) is 4.91. The van der Waals surface area contributed by atoms with Gasteiger partial charge < -0.3 is 5.73 Å². The van der Waals surface area contributed by atoms with E-state index in [0.717, 1.165) is 29.8 Å². The van der Waals surface area contributed by atoms with E-state index in [1.54, 1.807) is 11.3 Å². The van der Waals surface area contributed by atoms with Crippen molar-refractivity contribution in [3.63, 3.8) is 0 Å². The number of nitrogens with zero attached hydrogens (tertiary/aromatic N) is 1. The summed E-state index contributed by atoms with van der Waals surface area (Å²) in [6, 6.07) is 12.2. The highest BCUT2D eigenvalue weighted by Gasteiger charge is 2.21. The van der Waals surface area contributed by atoms with Crippen LogP contribution in [-0.2, 0) is 0 Å². The van der Waals surface area contributed by atoms with E-state index in [2.05, 4.69) is 37.9 Å². The van der Waals surface area contributed by atoms with Crippen LogP contribution in [0.1, 0.15) is 4.88 Å². The topological polar surface area (TPSA) is 49.8 Å². The van der Waals surface area contributed by atoms with Gasteiger partial charge in [0.05, 0.1) is 5.69 Å². The minimum atomic E-state index is 0.556. The van der Waals surface area contributed by atoms with Crippen LogP contribution >= 0.6 is 54.5 Å². The maximum atomic E-state index is 9.29. The number of nitriles is 1. The van der Waals surface area contributed by atoms with Crippen molar-refractivity contribution in [3.8, 4) is 27.0 Å². The zero-order chi connectivity index (χ0) is 15.0. The van der Waals surface area contributed by atoms with E-state index >= 15 is 0 Å². The normalized spacial score (nSPS) is 10.5. The molecular formula is C15H8Br2N2S2. The van der Waals surface area contributed by atoms with Crippen molar-refractivity contribution in [2.75, 3.05) is 5.73 Å². The van der Waals surface area contributed by atoms with Gasteiger partial charge >= 0.3 is 0 Å². The molecule has 0 fully saturated rings. The van der Waals surface area contributed by atoms with E-state index in [0.29, 0.717) is 10.6 Å². The molecule has 0 saturated carbocycles. The van der Waals surface area contributed by atoms with Crippen LogP contribution in [0.25, 0.3) is 20.9 Å². The Hall–Kier alpha value is -1.13. The van der Waals surface area contributed by atoms with Crippen molar-refractivity contribution in [2.45, 2.75) is 0 Å². The molecule has 0 unspecified atom stereocenters. The van der Waals surface area contributed by atoms with Gasteiger partial charge in [-0.2, -0.15) is 5.26 Å². The molecule has 2 aromatic heterocycles. The Morgan fingerprint density at radius 2 is 2.00 bits per heavy atom. The second-order valence-electron chi connectivity index (χ2n) is 4.26. The van der Waals surface area contributed by atoms with Crippen molar-refractivity contribution < 1.29 is 0 Å². The van der Waals surface area contributed by atoms with Crippen LogP contribution in [0.2, 0.25) is 0 Å². The molecule has 1 aromatic carbocycles. The molecule has 0 aliphatic rings. The molecule has 3 aromatic rings. The number of nitrogens with two attached hydrogens (primary N) is 1. The number of anilines is 1. The summed E-state index contributed by atoms with van der Waals surface area (Å²) in [7, 11) is 0. The molecule has 0 aliphatic carbocycles. The van der Waals surface area contributed by atoms with E-state index in [9.17, 15) is 5.26 Å². The predicted molar refractivity (Wildman–Crippen MR) is 97.6 cm³/mol. The number of halogens is 2. The summed E-state index contributed by atoms with van der Waals surface area (Å²) in [4.78, 5) is 2.65. The van der Waals surface area contributed by atoms with Gasteiger partial charge in [0, 0.05) is 29.8 Å². The molecular weight excluding hydrogens is 432 g/mol. The first-order valence-corrected chi connectivity index (χ1v) is 9.21. The van der Waals surface area contributed by atoms with E-state index < -0.39 is 0 Å². The Bertz CT molecular complexity index is 845. The van der Waals surface area contributed by atoms with Gasteiger partial charge in [0.15, 0.2) is 0 Å². The van der Waals surface area contributed by atoms with Crippen LogP contribution in [-0.4, -0.2) is 0 Å². The highest BCUT2D eigenvalue weighted by atomic mass is 79.9. The largest absolute Gasteiger partial charge is 0.396 e. The van der Waals surface area contributed by atoms with Crippen LogP contribution < -0.4 is 5.73 Å². The average Bonchev–Trinajstić information content (AvgIpc) is 3.08. The molecule has 6 heteroatoms. The number of thiophene rings is 2. The van der Waals surface area contributed by atoms with Crippen molar-refractivity contribution in [1.29, 1.82) is 5.26 Å². The van der Waals surface area contributed by atoms with Crippen LogP contribution in [0.5, 0.6) is 0 Å². The standard InChI is InChI=1S/C15H8Br2N2S2/c16-8-3-4-10(17)9(6-8)15-13(11-2-1-5-20-11)14(19)12(7-18)21-15/h1-6H,19H2. The average molecular weight is 440 g/mol. The minimum absolute atomic E-state index is 0.556. The van der Waals surface area contributed by atoms with Gasteiger partial charge in [-0.05, 0) is 29.6 Å². The summed E-state index contributed by atoms with van der Waals surface area (Å²) in [5, 5.41) is 11.3. The first-order chi connectivity index (χ1) is 10.1. The van der Waals surface area contributed by atoms with Gasteiger partial charge in [-0.25, -0.2) is 0 Å². The molecule has 0 radical (unpaired) electrons. The third-order valence-corrected chi connectivity index (χ3v) is 6.20. The summed E-state index contributed by atoms with van der Waals surface area (Å²) in [6.45, 7) is 0. The van der Waals surface area contributed by atoms with Gasteiger partial charge in [-0.1, -0.05) is 37.9 Å². The lowest BCUT2D eigenvalue weighted by Crippen LogP contribution is -1.88. The fourth-order valence-electron chi connectivity index (χ4n) is 2.05. The van der Waals surface area contributed by atoms with E-state index in [1.165, 1.54) is 11.3 Å². The molecule has 2 heterocycles. The van der Waals surface area contributed by atoms with Crippen LogP contribution in [0.4, 0.5) is 5.69 Å². The smallest absolute Gasteiger partial charge is 0.129 e. The van der Waals surface area contributed by atoms with E-state index in [-0.39, 0.29) is 0 Å². The Morgan fingerprint density at radius 3 is 2.67 bits per heavy atom. The van der Waals surface area contributed by atoms with Gasteiger partial charge in [0.2, 0.25) is 0 Å². The molecule has 0 aliphatic heterocycles. The van der Waals surface area contributed by atoms with Gasteiger partial charge in [-0.3, -0.25) is 0 Å². The summed E-state index contributed by atoms with van der Waals surface area (Å²) >= 11 is 10.1. The molecule has 0 bridgehead atoms. The van der Waals surface area contributed by atoms with Crippen molar-refractivity contribution >= 4 is 60.2 Å². The van der Waals surface area contributed by atoms with Crippen LogP contribution in [0.3, 0.4) is 0 Å². The number of benzene rings is 1. The molecule has 0 atom stereocenters. The SMILES string of the molecule is N#Cc1sc(-c2cc(Br)ccc2Br)c(-c2cccs2)c1N. The van der Waals surface area contributed by atoms with Crippen LogP contribution in [0.15, 0.2) is 44.7 Å². The molecule has 104 valence electrons. The lowest BCUT2D eigenvalue weighted by molar-refractivity contribution is 1.52. The lowest BCUT2D eigenvalue weighted by atomic mass is 10.1. The monoisotopic (exact) mass is 438 g/mol. The van der Waals surface area contributed by atoms with Gasteiger partial charge in [0.25, 0.3) is 0 Å². The molecule has 2 N–H and O–H groups in total. The minimum Gasteiger partial charge on any atom is -0.396 e. The third kappa shape index (κ3) is 2.67. The fraction of sp³-hybridized carbons (Fsp3) is 0. The maximum absolute atomic E-state index is 9.29. The molecule has 0 saturated heterocycles. The molecule has 3 rings (SSSR count). The molecule has 21 heavy (non-hydrogen) atoms. The zero-order valence-corrected chi connectivity index (χ0v) is 15.4. The second kappa shape index (κ2) is 5.93. The van der Waals surface area contributed by atoms with Crippen molar-refractivity contribution in [1.82, 2.24) is 0 Å². The number of hydrogen-bond acceptors (Lipinski definition) is 4. The number of nitrogen functional groups attached to an aromatic ring is 1. The maximum Gasteiger partial charge on any atom is 0.129 e.